The van der Waals surface area contributed by atoms with Crippen molar-refractivity contribution in [1.29, 1.82) is 0 Å². The number of hydrogen-bond acceptors (Lipinski definition) is 6. The lowest BCUT2D eigenvalue weighted by molar-refractivity contribution is -0.143. The van der Waals surface area contributed by atoms with E-state index in [2.05, 4.69) is 58.5 Å². The van der Waals surface area contributed by atoms with Crippen molar-refractivity contribution < 1.29 is 9.53 Å². The average molecular weight is 424 g/mol. The summed E-state index contributed by atoms with van der Waals surface area (Å²) < 4.78 is 6.29. The summed E-state index contributed by atoms with van der Waals surface area (Å²) in [6.07, 6.45) is 1.11. The number of nitrogens with zero attached hydrogens (tertiary/aromatic N) is 3. The third-order valence-electron chi connectivity index (χ3n) is 5.71. The molecule has 2 aromatic heterocycles. The number of rotatable bonds is 7. The Morgan fingerprint density at radius 1 is 1.10 bits per heavy atom. The predicted molar refractivity (Wildman–Crippen MR) is 124 cm³/mol. The fourth-order valence-electron chi connectivity index (χ4n) is 3.92. The van der Waals surface area contributed by atoms with Crippen LogP contribution in [0.4, 0.5) is 5.82 Å². The summed E-state index contributed by atoms with van der Waals surface area (Å²) in [5.74, 6) is 0.971. The molecule has 0 radical (unpaired) electrons. The summed E-state index contributed by atoms with van der Waals surface area (Å²) in [7, 11) is 0. The van der Waals surface area contributed by atoms with Crippen LogP contribution in [0, 0.1) is 0 Å². The van der Waals surface area contributed by atoms with Gasteiger partial charge in [0.15, 0.2) is 0 Å². The molecule has 0 amide bonds. The van der Waals surface area contributed by atoms with Crippen LogP contribution in [0.2, 0.25) is 0 Å². The van der Waals surface area contributed by atoms with E-state index in [4.69, 9.17) is 9.72 Å². The van der Waals surface area contributed by atoms with Gasteiger partial charge in [0, 0.05) is 38.2 Å². The van der Waals surface area contributed by atoms with E-state index in [1.165, 1.54) is 10.1 Å². The average Bonchev–Trinajstić information content (AvgIpc) is 3.26. The van der Waals surface area contributed by atoms with Gasteiger partial charge in [-0.2, -0.15) is 0 Å². The first-order valence-electron chi connectivity index (χ1n) is 10.8. The number of carbonyl (C=O) groups is 1. The maximum Gasteiger partial charge on any atom is 0.306 e. The Bertz CT molecular complexity index is 991. The van der Waals surface area contributed by atoms with Crippen LogP contribution in [0.1, 0.15) is 25.8 Å². The zero-order chi connectivity index (χ0) is 20.9. The van der Waals surface area contributed by atoms with Crippen molar-refractivity contribution in [3.63, 3.8) is 0 Å². The van der Waals surface area contributed by atoms with E-state index in [1.54, 1.807) is 11.3 Å². The van der Waals surface area contributed by atoms with Gasteiger partial charge in [-0.05, 0) is 48.4 Å². The molecule has 0 spiro atoms. The maximum absolute atomic E-state index is 11.6. The number of pyridine rings is 1. The van der Waals surface area contributed by atoms with Crippen LogP contribution in [-0.2, 0) is 16.0 Å². The molecule has 6 heteroatoms. The van der Waals surface area contributed by atoms with E-state index in [0.29, 0.717) is 19.4 Å². The van der Waals surface area contributed by atoms with Crippen molar-refractivity contribution in [3.8, 4) is 11.3 Å². The first-order valence-corrected chi connectivity index (χ1v) is 11.7. The van der Waals surface area contributed by atoms with Crippen LogP contribution < -0.4 is 4.90 Å². The van der Waals surface area contributed by atoms with Gasteiger partial charge in [0.1, 0.15) is 5.82 Å². The number of fused-ring (bicyclic) bond motifs is 1. The second-order valence-corrected chi connectivity index (χ2v) is 8.51. The highest BCUT2D eigenvalue weighted by atomic mass is 32.1. The number of aromatic nitrogens is 1. The third-order valence-corrected chi connectivity index (χ3v) is 6.64. The number of esters is 1. The molecule has 1 fully saturated rings. The van der Waals surface area contributed by atoms with Crippen LogP contribution in [0.3, 0.4) is 0 Å². The van der Waals surface area contributed by atoms with Crippen molar-refractivity contribution in [3.05, 3.63) is 47.3 Å². The topological polar surface area (TPSA) is 45.7 Å². The highest BCUT2D eigenvalue weighted by molar-refractivity contribution is 7.17. The second kappa shape index (κ2) is 9.58. The Labute approximate surface area is 182 Å². The molecular formula is C24H29N3O2S. The molecule has 0 saturated carbocycles. The molecule has 0 bridgehead atoms. The molecule has 0 atom stereocenters. The van der Waals surface area contributed by atoms with Crippen LogP contribution in [0.5, 0.6) is 0 Å². The number of benzene rings is 1. The van der Waals surface area contributed by atoms with Crippen molar-refractivity contribution in [2.45, 2.75) is 26.7 Å². The molecule has 5 nitrogen and oxygen atoms in total. The van der Waals surface area contributed by atoms with Gasteiger partial charge in [-0.15, -0.1) is 11.3 Å². The highest BCUT2D eigenvalue weighted by Crippen LogP contribution is 2.34. The summed E-state index contributed by atoms with van der Waals surface area (Å²) in [5, 5.41) is 3.41. The Morgan fingerprint density at radius 2 is 1.87 bits per heavy atom. The summed E-state index contributed by atoms with van der Waals surface area (Å²) in [4.78, 5) is 21.6. The Hall–Kier alpha value is -2.44. The van der Waals surface area contributed by atoms with Crippen LogP contribution in [0.25, 0.3) is 21.3 Å². The second-order valence-electron chi connectivity index (χ2n) is 7.59. The third kappa shape index (κ3) is 4.65. The van der Waals surface area contributed by atoms with Gasteiger partial charge in [-0.1, -0.05) is 31.2 Å². The SMILES string of the molecule is CCOC(=O)CCc1ccc(-c2cc3ccsc3c(N3CCN(CC)CC3)n2)cc1. The normalized spacial score (nSPS) is 14.9. The lowest BCUT2D eigenvalue weighted by atomic mass is 10.0. The molecule has 0 N–H and O–H groups in total. The highest BCUT2D eigenvalue weighted by Gasteiger charge is 2.20. The largest absolute Gasteiger partial charge is 0.466 e. The zero-order valence-electron chi connectivity index (χ0n) is 17.8. The minimum Gasteiger partial charge on any atom is -0.466 e. The summed E-state index contributed by atoms with van der Waals surface area (Å²) >= 11 is 1.77. The first-order chi connectivity index (χ1) is 14.7. The van der Waals surface area contributed by atoms with Gasteiger partial charge >= 0.3 is 5.97 Å². The van der Waals surface area contributed by atoms with E-state index in [9.17, 15) is 4.79 Å². The van der Waals surface area contributed by atoms with Gasteiger partial charge in [0.05, 0.1) is 17.0 Å². The monoisotopic (exact) mass is 423 g/mol. The zero-order valence-corrected chi connectivity index (χ0v) is 18.6. The molecule has 158 valence electrons. The number of aryl methyl sites for hydroxylation is 1. The lowest BCUT2D eigenvalue weighted by Gasteiger charge is -2.35. The van der Waals surface area contributed by atoms with Gasteiger partial charge < -0.3 is 14.5 Å². The number of thiophene rings is 1. The fraction of sp³-hybridized carbons (Fsp3) is 0.417. The molecule has 4 rings (SSSR count). The van der Waals surface area contributed by atoms with Crippen molar-refractivity contribution in [2.24, 2.45) is 0 Å². The van der Waals surface area contributed by atoms with Crippen LogP contribution in [0.15, 0.2) is 41.8 Å². The molecule has 1 aromatic carbocycles. The van der Waals surface area contributed by atoms with Crippen LogP contribution in [-0.4, -0.2) is 55.2 Å². The molecule has 1 saturated heterocycles. The van der Waals surface area contributed by atoms with E-state index < -0.39 is 0 Å². The van der Waals surface area contributed by atoms with Crippen LogP contribution >= 0.6 is 11.3 Å². The minimum absolute atomic E-state index is 0.140. The van der Waals surface area contributed by atoms with Gasteiger partial charge in [-0.3, -0.25) is 4.79 Å². The number of likely N-dealkylation sites (N-methyl/N-ethyl adjacent to an activating group) is 1. The molecule has 30 heavy (non-hydrogen) atoms. The molecule has 0 unspecified atom stereocenters. The lowest BCUT2D eigenvalue weighted by Crippen LogP contribution is -2.46. The standard InChI is InChI=1S/C24H29N3O2S/c1-3-26-12-14-27(15-13-26)24-23-20(11-16-30-23)17-21(25-24)19-8-5-18(6-9-19)7-10-22(28)29-4-2/h5-6,8-9,11,16-17H,3-4,7,10,12-15H2,1-2H3. The van der Waals surface area contributed by atoms with E-state index >= 15 is 0 Å². The van der Waals surface area contributed by atoms with Crippen molar-refractivity contribution in [1.82, 2.24) is 9.88 Å². The Balaban J connectivity index is 1.55. The van der Waals surface area contributed by atoms with Gasteiger partial charge in [-0.25, -0.2) is 4.98 Å². The molecule has 3 aromatic rings. The summed E-state index contributed by atoms with van der Waals surface area (Å²) in [5.41, 5.74) is 3.25. The number of piperazine rings is 1. The molecule has 1 aliphatic rings. The molecule has 3 heterocycles. The first kappa shape index (κ1) is 20.8. The minimum atomic E-state index is -0.140. The maximum atomic E-state index is 11.6. The summed E-state index contributed by atoms with van der Waals surface area (Å²) in [6, 6.07) is 12.8. The number of ether oxygens (including phenoxy) is 1. The predicted octanol–water partition coefficient (Wildman–Crippen LogP) is 4.60. The van der Waals surface area contributed by atoms with Gasteiger partial charge in [0.2, 0.25) is 0 Å². The molecule has 1 aliphatic heterocycles. The van der Waals surface area contributed by atoms with Gasteiger partial charge in [0.25, 0.3) is 0 Å². The quantitative estimate of drug-likeness (QED) is 0.520. The van der Waals surface area contributed by atoms with E-state index in [1.807, 2.05) is 6.92 Å². The number of hydrogen-bond donors (Lipinski definition) is 0. The van der Waals surface area contributed by atoms with Crippen molar-refractivity contribution in [2.75, 3.05) is 44.2 Å². The summed E-state index contributed by atoms with van der Waals surface area (Å²) in [6.45, 7) is 9.82. The van der Waals surface area contributed by atoms with E-state index in [0.717, 1.165) is 55.4 Å². The molecule has 0 aliphatic carbocycles. The van der Waals surface area contributed by atoms with E-state index in [-0.39, 0.29) is 5.97 Å². The number of anilines is 1. The Morgan fingerprint density at radius 3 is 2.57 bits per heavy atom. The van der Waals surface area contributed by atoms with Crippen molar-refractivity contribution >= 4 is 33.2 Å². The Kier molecular flexibility index (Phi) is 6.65. The molecular weight excluding hydrogens is 394 g/mol. The number of carbonyl (C=O) groups excluding carboxylic acids is 1. The fourth-order valence-corrected chi connectivity index (χ4v) is 4.81. The smallest absolute Gasteiger partial charge is 0.306 e.